The van der Waals surface area contributed by atoms with Gasteiger partial charge in [-0.25, -0.2) is 0 Å². The van der Waals surface area contributed by atoms with E-state index in [0.717, 1.165) is 17.5 Å². The average Bonchev–Trinajstić information content (AvgIpc) is 3.15. The number of benzene rings is 2. The number of amides is 1. The Morgan fingerprint density at radius 2 is 2.00 bits per heavy atom. The molecule has 2 aromatic carbocycles. The van der Waals surface area contributed by atoms with Crippen molar-refractivity contribution in [2.24, 2.45) is 4.99 Å². The van der Waals surface area contributed by atoms with E-state index in [0.29, 0.717) is 22.2 Å². The van der Waals surface area contributed by atoms with Gasteiger partial charge in [0.15, 0.2) is 6.29 Å². The van der Waals surface area contributed by atoms with E-state index < -0.39 is 0 Å². The number of nitriles is 1. The van der Waals surface area contributed by atoms with Crippen molar-refractivity contribution in [1.82, 2.24) is 9.88 Å². The molecule has 0 saturated heterocycles. The van der Waals surface area contributed by atoms with Crippen molar-refractivity contribution in [2.75, 3.05) is 0 Å². The molecule has 0 aliphatic carbocycles. The van der Waals surface area contributed by atoms with Crippen LogP contribution in [0.3, 0.4) is 0 Å². The first-order valence-electron chi connectivity index (χ1n) is 8.83. The van der Waals surface area contributed by atoms with Gasteiger partial charge in [-0.1, -0.05) is 24.3 Å². The van der Waals surface area contributed by atoms with E-state index in [4.69, 9.17) is 5.26 Å². The van der Waals surface area contributed by atoms with E-state index in [2.05, 4.69) is 17.0 Å². The SMILES string of the molecule is C=N/C(C#N)=C\C(=C/C)NC(=O)c1ccc2c(c1)c(C=O)cn2-c1ccccc1. The maximum atomic E-state index is 12.7. The fourth-order valence-electron chi connectivity index (χ4n) is 2.95. The number of hydrogen-bond donors (Lipinski definition) is 1. The number of rotatable bonds is 6. The van der Waals surface area contributed by atoms with Crippen LogP contribution in [0.2, 0.25) is 0 Å². The molecule has 0 fully saturated rings. The van der Waals surface area contributed by atoms with Crippen molar-refractivity contribution in [2.45, 2.75) is 6.92 Å². The number of nitrogens with one attached hydrogen (secondary N) is 1. The van der Waals surface area contributed by atoms with Crippen molar-refractivity contribution in [3.05, 3.63) is 89.4 Å². The average molecular weight is 382 g/mol. The number of allylic oxidation sites excluding steroid dienone is 3. The van der Waals surface area contributed by atoms with Gasteiger partial charge in [-0.3, -0.25) is 14.6 Å². The lowest BCUT2D eigenvalue weighted by Crippen LogP contribution is -2.22. The zero-order valence-corrected chi connectivity index (χ0v) is 15.8. The van der Waals surface area contributed by atoms with E-state index in [1.807, 2.05) is 41.0 Å². The molecule has 0 bridgehead atoms. The quantitative estimate of drug-likeness (QED) is 0.300. The highest BCUT2D eigenvalue weighted by Crippen LogP contribution is 2.25. The largest absolute Gasteiger partial charge is 0.322 e. The van der Waals surface area contributed by atoms with Crippen LogP contribution in [0.4, 0.5) is 0 Å². The molecule has 29 heavy (non-hydrogen) atoms. The first-order valence-corrected chi connectivity index (χ1v) is 8.83. The third-order valence-corrected chi connectivity index (χ3v) is 4.40. The van der Waals surface area contributed by atoms with Crippen molar-refractivity contribution >= 4 is 29.8 Å². The standard InChI is InChI=1S/C23H18N4O2/c1-3-18(12-19(13-24)25-2)26-23(29)16-9-10-22-21(11-16)17(15-28)14-27(22)20-7-5-4-6-8-20/h3-12,14-15H,2H2,1H3,(H,26,29)/b18-3+,19-12-. The molecule has 3 aromatic rings. The van der Waals surface area contributed by atoms with E-state index in [1.165, 1.54) is 6.08 Å². The third kappa shape index (κ3) is 4.04. The molecule has 0 radical (unpaired) electrons. The van der Waals surface area contributed by atoms with Gasteiger partial charge in [0.05, 0.1) is 5.52 Å². The maximum absolute atomic E-state index is 12.7. The van der Waals surface area contributed by atoms with Gasteiger partial charge >= 0.3 is 0 Å². The van der Waals surface area contributed by atoms with Crippen LogP contribution >= 0.6 is 0 Å². The summed E-state index contributed by atoms with van der Waals surface area (Å²) in [5, 5.41) is 12.4. The molecule has 0 saturated carbocycles. The summed E-state index contributed by atoms with van der Waals surface area (Å²) in [6, 6.07) is 16.7. The molecular weight excluding hydrogens is 364 g/mol. The Balaban J connectivity index is 1.99. The molecule has 0 aliphatic heterocycles. The highest BCUT2D eigenvalue weighted by molar-refractivity contribution is 6.04. The monoisotopic (exact) mass is 382 g/mol. The summed E-state index contributed by atoms with van der Waals surface area (Å²) in [5.41, 5.74) is 3.15. The number of carbonyl (C=O) groups excluding carboxylic acids is 2. The topological polar surface area (TPSA) is 87.2 Å². The molecule has 1 N–H and O–H groups in total. The number of para-hydroxylation sites is 1. The summed E-state index contributed by atoms with van der Waals surface area (Å²) in [6.45, 7) is 5.05. The third-order valence-electron chi connectivity index (χ3n) is 4.40. The number of hydrogen-bond acceptors (Lipinski definition) is 4. The molecule has 1 amide bonds. The van der Waals surface area contributed by atoms with Crippen molar-refractivity contribution in [1.29, 1.82) is 5.26 Å². The lowest BCUT2D eigenvalue weighted by Gasteiger charge is -2.08. The van der Waals surface area contributed by atoms with E-state index >= 15 is 0 Å². The lowest BCUT2D eigenvalue weighted by atomic mass is 10.1. The second-order valence-electron chi connectivity index (χ2n) is 6.14. The molecule has 0 unspecified atom stereocenters. The first-order chi connectivity index (χ1) is 14.1. The minimum atomic E-state index is -0.359. The smallest absolute Gasteiger partial charge is 0.255 e. The van der Waals surface area contributed by atoms with Crippen LogP contribution < -0.4 is 5.32 Å². The van der Waals surface area contributed by atoms with Crippen LogP contribution in [-0.4, -0.2) is 23.5 Å². The van der Waals surface area contributed by atoms with Gasteiger partial charge in [0, 0.05) is 34.1 Å². The van der Waals surface area contributed by atoms with Crippen LogP contribution in [0.5, 0.6) is 0 Å². The van der Waals surface area contributed by atoms with Gasteiger partial charge in [0.2, 0.25) is 0 Å². The Morgan fingerprint density at radius 1 is 1.24 bits per heavy atom. The number of carbonyl (C=O) groups is 2. The first kappa shape index (κ1) is 19.5. The summed E-state index contributed by atoms with van der Waals surface area (Å²) in [7, 11) is 0. The van der Waals surface area contributed by atoms with Crippen LogP contribution in [-0.2, 0) is 0 Å². The van der Waals surface area contributed by atoms with E-state index in [-0.39, 0.29) is 11.6 Å². The van der Waals surface area contributed by atoms with Gasteiger partial charge in [-0.15, -0.1) is 0 Å². The van der Waals surface area contributed by atoms with Crippen molar-refractivity contribution in [3.63, 3.8) is 0 Å². The summed E-state index contributed by atoms with van der Waals surface area (Å²) < 4.78 is 1.91. The summed E-state index contributed by atoms with van der Waals surface area (Å²) in [5.74, 6) is -0.359. The fourth-order valence-corrected chi connectivity index (χ4v) is 2.95. The summed E-state index contributed by atoms with van der Waals surface area (Å²) in [6.07, 6.45) is 5.62. The van der Waals surface area contributed by atoms with Gasteiger partial charge in [0.25, 0.3) is 5.91 Å². The second kappa shape index (κ2) is 8.63. The number of fused-ring (bicyclic) bond motifs is 1. The lowest BCUT2D eigenvalue weighted by molar-refractivity contribution is 0.0966. The Hall–Kier alpha value is -4.24. The second-order valence-corrected chi connectivity index (χ2v) is 6.14. The molecular formula is C23H18N4O2. The van der Waals surface area contributed by atoms with Crippen molar-refractivity contribution in [3.8, 4) is 11.8 Å². The van der Waals surface area contributed by atoms with Gasteiger partial charge in [-0.2, -0.15) is 5.26 Å². The molecule has 0 atom stereocenters. The molecule has 0 aliphatic rings. The molecule has 0 spiro atoms. The Morgan fingerprint density at radius 3 is 2.62 bits per heavy atom. The minimum Gasteiger partial charge on any atom is -0.322 e. The highest BCUT2D eigenvalue weighted by atomic mass is 16.1. The predicted octanol–water partition coefficient (Wildman–Crippen LogP) is 4.18. The van der Waals surface area contributed by atoms with E-state index in [9.17, 15) is 9.59 Å². The van der Waals surface area contributed by atoms with Crippen molar-refractivity contribution < 1.29 is 9.59 Å². The molecule has 142 valence electrons. The molecule has 6 nitrogen and oxygen atoms in total. The predicted molar refractivity (Wildman–Crippen MR) is 113 cm³/mol. The minimum absolute atomic E-state index is 0.0945. The number of nitrogens with zero attached hydrogens (tertiary/aromatic N) is 3. The van der Waals surface area contributed by atoms with Crippen LogP contribution in [0.15, 0.2) is 83.3 Å². The van der Waals surface area contributed by atoms with Gasteiger partial charge in [-0.05, 0) is 50.0 Å². The zero-order chi connectivity index (χ0) is 20.8. The number of aldehydes is 1. The maximum Gasteiger partial charge on any atom is 0.255 e. The Bertz CT molecular complexity index is 1190. The fraction of sp³-hybridized carbons (Fsp3) is 0.0435. The molecule has 1 aromatic heterocycles. The zero-order valence-electron chi connectivity index (χ0n) is 15.8. The Kier molecular flexibility index (Phi) is 5.81. The summed E-state index contributed by atoms with van der Waals surface area (Å²) >= 11 is 0. The van der Waals surface area contributed by atoms with Crippen LogP contribution in [0.25, 0.3) is 16.6 Å². The highest BCUT2D eigenvalue weighted by Gasteiger charge is 2.13. The number of aromatic nitrogens is 1. The summed E-state index contributed by atoms with van der Waals surface area (Å²) in [4.78, 5) is 27.9. The molecule has 3 rings (SSSR count). The normalized spacial score (nSPS) is 11.7. The van der Waals surface area contributed by atoms with E-state index in [1.54, 1.807) is 37.4 Å². The number of aliphatic imine (C=N–C) groups is 1. The molecule has 6 heteroatoms. The van der Waals surface area contributed by atoms with Crippen LogP contribution in [0.1, 0.15) is 27.6 Å². The van der Waals surface area contributed by atoms with Crippen LogP contribution in [0, 0.1) is 11.3 Å². The van der Waals surface area contributed by atoms with Gasteiger partial charge in [0.1, 0.15) is 11.8 Å². The molecule has 1 heterocycles. The Labute approximate surface area is 168 Å². The van der Waals surface area contributed by atoms with Gasteiger partial charge < -0.3 is 9.88 Å².